The fraction of sp³-hybridized carbons (Fsp3) is 0.400. The van der Waals surface area contributed by atoms with Gasteiger partial charge in [0, 0.05) is 37.6 Å². The molecule has 1 saturated heterocycles. The van der Waals surface area contributed by atoms with E-state index in [1.54, 1.807) is 6.08 Å². The van der Waals surface area contributed by atoms with Crippen molar-refractivity contribution in [2.45, 2.75) is 20.3 Å². The molecule has 8 heteroatoms. The van der Waals surface area contributed by atoms with Crippen LogP contribution in [0.1, 0.15) is 30.4 Å². The van der Waals surface area contributed by atoms with E-state index in [1.807, 2.05) is 12.3 Å². The number of anilines is 1. The van der Waals surface area contributed by atoms with Crippen LogP contribution in [0, 0.1) is 6.92 Å². The second-order valence-corrected chi connectivity index (χ2v) is 8.75. The van der Waals surface area contributed by atoms with Crippen molar-refractivity contribution in [3.8, 4) is 0 Å². The summed E-state index contributed by atoms with van der Waals surface area (Å²) in [4.78, 5) is 14.8. The molecular formula is C25H31N7O. The van der Waals surface area contributed by atoms with Gasteiger partial charge in [-0.3, -0.25) is 9.50 Å². The molecule has 33 heavy (non-hydrogen) atoms. The smallest absolute Gasteiger partial charge is 0.181 e. The molecule has 172 valence electrons. The Morgan fingerprint density at radius 3 is 2.76 bits per heavy atom. The van der Waals surface area contributed by atoms with E-state index >= 15 is 0 Å². The summed E-state index contributed by atoms with van der Waals surface area (Å²) in [6.07, 6.45) is 11.0. The van der Waals surface area contributed by atoms with Crippen molar-refractivity contribution in [1.29, 1.82) is 0 Å². The van der Waals surface area contributed by atoms with Gasteiger partial charge in [-0.1, -0.05) is 18.7 Å². The quantitative estimate of drug-likeness (QED) is 0.656. The minimum Gasteiger partial charge on any atom is -0.378 e. The largest absolute Gasteiger partial charge is 0.378 e. The lowest BCUT2D eigenvalue weighted by Gasteiger charge is -2.28. The van der Waals surface area contributed by atoms with Crippen molar-refractivity contribution in [2.24, 2.45) is 0 Å². The van der Waals surface area contributed by atoms with Gasteiger partial charge in [0.25, 0.3) is 0 Å². The van der Waals surface area contributed by atoms with Crippen molar-refractivity contribution in [2.75, 3.05) is 51.3 Å². The van der Waals surface area contributed by atoms with Crippen LogP contribution >= 0.6 is 0 Å². The van der Waals surface area contributed by atoms with Crippen molar-refractivity contribution in [3.05, 3.63) is 58.8 Å². The lowest BCUT2D eigenvalue weighted by atomic mass is 10.0. The highest BCUT2D eigenvalue weighted by Crippen LogP contribution is 2.30. The van der Waals surface area contributed by atoms with Gasteiger partial charge in [-0.2, -0.15) is 5.10 Å². The molecule has 1 fully saturated rings. The molecule has 0 spiro atoms. The van der Waals surface area contributed by atoms with Gasteiger partial charge in [-0.25, -0.2) is 9.97 Å². The number of likely N-dealkylation sites (N-methyl/N-ethyl adjacent to an activating group) is 1. The van der Waals surface area contributed by atoms with Gasteiger partial charge in [0.15, 0.2) is 11.5 Å². The first-order chi connectivity index (χ1) is 16.1. The van der Waals surface area contributed by atoms with Gasteiger partial charge in [0.2, 0.25) is 0 Å². The summed E-state index contributed by atoms with van der Waals surface area (Å²) < 4.78 is 7.86. The lowest BCUT2D eigenvalue weighted by molar-refractivity contribution is 0.122. The molecule has 0 bridgehead atoms. The molecule has 2 aliphatic rings. The number of morpholine rings is 1. The summed E-state index contributed by atoms with van der Waals surface area (Å²) in [6, 6.07) is 0. The van der Waals surface area contributed by atoms with E-state index in [1.165, 1.54) is 11.3 Å². The Hall–Kier alpha value is -3.23. The van der Waals surface area contributed by atoms with Crippen LogP contribution in [-0.2, 0) is 4.74 Å². The summed E-state index contributed by atoms with van der Waals surface area (Å²) in [5, 5.41) is 9.26. The summed E-state index contributed by atoms with van der Waals surface area (Å²) in [5.74, 6) is 0.913. The summed E-state index contributed by atoms with van der Waals surface area (Å²) in [5.41, 5.74) is 6.46. The maximum Gasteiger partial charge on any atom is 0.181 e. The van der Waals surface area contributed by atoms with E-state index in [4.69, 9.17) is 14.7 Å². The monoisotopic (exact) mass is 445 g/mol. The predicted molar refractivity (Wildman–Crippen MR) is 132 cm³/mol. The van der Waals surface area contributed by atoms with E-state index in [0.717, 1.165) is 71.6 Å². The SMILES string of the molecule is C=CC=c1[nH]ncc1=C(C)c1cn2c(C3=CCN(C)CC3)c(C)nc2c(N2CCOCC2)n1. The zero-order chi connectivity index (χ0) is 22.9. The molecule has 0 amide bonds. The average molecular weight is 446 g/mol. The highest BCUT2D eigenvalue weighted by molar-refractivity contribution is 5.76. The van der Waals surface area contributed by atoms with Gasteiger partial charge in [0.1, 0.15) is 0 Å². The molecule has 0 aliphatic carbocycles. The van der Waals surface area contributed by atoms with Crippen molar-refractivity contribution in [1.82, 2.24) is 29.5 Å². The molecule has 0 saturated carbocycles. The van der Waals surface area contributed by atoms with Crippen LogP contribution < -0.4 is 15.5 Å². The zero-order valence-electron chi connectivity index (χ0n) is 19.6. The third-order valence-electron chi connectivity index (χ3n) is 6.53. The Morgan fingerprint density at radius 1 is 1.21 bits per heavy atom. The summed E-state index contributed by atoms with van der Waals surface area (Å²) in [7, 11) is 2.16. The van der Waals surface area contributed by atoms with Crippen LogP contribution in [-0.4, -0.2) is 75.9 Å². The molecule has 0 radical (unpaired) electrons. The number of nitrogens with zero attached hydrogens (tertiary/aromatic N) is 6. The first kappa shape index (κ1) is 21.6. The van der Waals surface area contributed by atoms with Crippen molar-refractivity contribution < 1.29 is 4.74 Å². The van der Waals surface area contributed by atoms with Crippen LogP contribution in [0.4, 0.5) is 5.82 Å². The molecule has 5 heterocycles. The molecule has 3 aromatic rings. The third-order valence-corrected chi connectivity index (χ3v) is 6.53. The lowest BCUT2D eigenvalue weighted by Crippen LogP contribution is -2.37. The van der Waals surface area contributed by atoms with Gasteiger partial charge in [0.05, 0.1) is 41.8 Å². The molecule has 5 rings (SSSR count). The standard InChI is InChI=1S/C25H31N7O/c1-5-6-21-20(15-26-29-21)17(2)22-16-32-23(19-7-9-30(4)10-8-19)18(3)27-25(32)24(28-22)31-11-13-33-14-12-31/h5-7,15-16,29H,1,8-14H2,2-4H3. The summed E-state index contributed by atoms with van der Waals surface area (Å²) >= 11 is 0. The van der Waals surface area contributed by atoms with Crippen LogP contribution in [0.5, 0.6) is 0 Å². The fourth-order valence-electron chi connectivity index (χ4n) is 4.66. The zero-order valence-corrected chi connectivity index (χ0v) is 19.6. The Balaban J connectivity index is 1.77. The van der Waals surface area contributed by atoms with E-state index in [0.29, 0.717) is 13.2 Å². The van der Waals surface area contributed by atoms with Crippen LogP contribution in [0.3, 0.4) is 0 Å². The third kappa shape index (κ3) is 4.00. The molecule has 0 aromatic carbocycles. The number of aromatic nitrogens is 5. The number of nitrogens with one attached hydrogen (secondary N) is 1. The van der Waals surface area contributed by atoms with E-state index < -0.39 is 0 Å². The average Bonchev–Trinajstić information content (AvgIpc) is 3.43. The number of imidazole rings is 1. The number of hydrogen-bond donors (Lipinski definition) is 1. The minimum absolute atomic E-state index is 0.699. The number of H-pyrrole nitrogens is 1. The number of rotatable bonds is 4. The highest BCUT2D eigenvalue weighted by Gasteiger charge is 2.23. The molecule has 3 aromatic heterocycles. The van der Waals surface area contributed by atoms with Gasteiger partial charge < -0.3 is 14.5 Å². The Kier molecular flexibility index (Phi) is 5.86. The van der Waals surface area contributed by atoms with Crippen LogP contribution in [0.15, 0.2) is 31.1 Å². The number of fused-ring (bicyclic) bond motifs is 1. The number of ether oxygens (including phenoxy) is 1. The first-order valence-corrected chi connectivity index (χ1v) is 11.5. The maximum atomic E-state index is 5.61. The number of aryl methyl sites for hydroxylation is 1. The van der Waals surface area contributed by atoms with Crippen molar-refractivity contribution >= 4 is 28.7 Å². The second kappa shape index (κ2) is 8.96. The van der Waals surface area contributed by atoms with Gasteiger partial charge >= 0.3 is 0 Å². The van der Waals surface area contributed by atoms with Crippen LogP contribution in [0.25, 0.3) is 22.9 Å². The molecule has 8 nitrogen and oxygen atoms in total. The second-order valence-electron chi connectivity index (χ2n) is 8.75. The van der Waals surface area contributed by atoms with Crippen molar-refractivity contribution in [3.63, 3.8) is 0 Å². The first-order valence-electron chi connectivity index (χ1n) is 11.5. The molecule has 0 unspecified atom stereocenters. The molecule has 2 aliphatic heterocycles. The Labute approximate surface area is 193 Å². The number of hydrogen-bond acceptors (Lipinski definition) is 6. The maximum absolute atomic E-state index is 5.61. The Bertz CT molecular complexity index is 1340. The number of aromatic amines is 1. The molecule has 1 N–H and O–H groups in total. The molecular weight excluding hydrogens is 414 g/mol. The molecule has 0 atom stereocenters. The fourth-order valence-corrected chi connectivity index (χ4v) is 4.66. The van der Waals surface area contributed by atoms with Gasteiger partial charge in [-0.15, -0.1) is 0 Å². The van der Waals surface area contributed by atoms with E-state index in [9.17, 15) is 0 Å². The Morgan fingerprint density at radius 2 is 2.03 bits per heavy atom. The van der Waals surface area contributed by atoms with E-state index in [-0.39, 0.29) is 0 Å². The minimum atomic E-state index is 0.699. The normalized spacial score (nSPS) is 19.2. The highest BCUT2D eigenvalue weighted by atomic mass is 16.5. The van der Waals surface area contributed by atoms with E-state index in [2.05, 4.69) is 64.1 Å². The predicted octanol–water partition coefficient (Wildman–Crippen LogP) is 1.50. The summed E-state index contributed by atoms with van der Waals surface area (Å²) in [6.45, 7) is 13.0. The van der Waals surface area contributed by atoms with Gasteiger partial charge in [-0.05, 0) is 44.5 Å². The van der Waals surface area contributed by atoms with Crippen LogP contribution in [0.2, 0.25) is 0 Å². The number of allylic oxidation sites excluding steroid dienone is 1. The topological polar surface area (TPSA) is 74.6 Å².